The van der Waals surface area contributed by atoms with Crippen LogP contribution in [0.3, 0.4) is 0 Å². The second-order valence-corrected chi connectivity index (χ2v) is 4.39. The number of nitrogens with zero attached hydrogens (tertiary/aromatic N) is 4. The van der Waals surface area contributed by atoms with Crippen LogP contribution < -0.4 is 5.32 Å². The Morgan fingerprint density at radius 2 is 2.06 bits per heavy atom. The molecular weight excluding hydrogens is 214 g/mol. The van der Waals surface area contributed by atoms with E-state index in [9.17, 15) is 0 Å². The first-order valence-corrected chi connectivity index (χ1v) is 5.96. The number of aromatic nitrogens is 4. The minimum atomic E-state index is 0.706. The molecule has 2 heterocycles. The molecule has 17 heavy (non-hydrogen) atoms. The third kappa shape index (κ3) is 2.34. The van der Waals surface area contributed by atoms with E-state index in [1.165, 1.54) is 0 Å². The summed E-state index contributed by atoms with van der Waals surface area (Å²) in [6.45, 7) is 3.10. The van der Waals surface area contributed by atoms with Gasteiger partial charge >= 0.3 is 0 Å². The van der Waals surface area contributed by atoms with Crippen LogP contribution in [0.2, 0.25) is 0 Å². The first-order chi connectivity index (χ1) is 8.42. The van der Waals surface area contributed by atoms with Crippen molar-refractivity contribution in [1.29, 1.82) is 0 Å². The maximum absolute atomic E-state index is 4.38. The van der Waals surface area contributed by atoms with Gasteiger partial charge in [0, 0.05) is 5.56 Å². The zero-order valence-electron chi connectivity index (χ0n) is 9.58. The van der Waals surface area contributed by atoms with Gasteiger partial charge in [-0.15, -0.1) is 10.2 Å². The van der Waals surface area contributed by atoms with Gasteiger partial charge in [0.05, 0.1) is 6.54 Å². The van der Waals surface area contributed by atoms with Crippen molar-refractivity contribution >= 4 is 0 Å². The highest BCUT2D eigenvalue weighted by Gasteiger charge is 2.16. The summed E-state index contributed by atoms with van der Waals surface area (Å²) in [6, 6.07) is 9.94. The van der Waals surface area contributed by atoms with Gasteiger partial charge in [0.1, 0.15) is 0 Å². The van der Waals surface area contributed by atoms with E-state index in [1.54, 1.807) is 4.80 Å². The lowest BCUT2D eigenvalue weighted by molar-refractivity contribution is 0.298. The molecule has 2 aromatic rings. The van der Waals surface area contributed by atoms with Crippen LogP contribution in [0, 0.1) is 5.92 Å². The van der Waals surface area contributed by atoms with Crippen molar-refractivity contribution < 1.29 is 0 Å². The van der Waals surface area contributed by atoms with E-state index in [-0.39, 0.29) is 0 Å². The number of rotatable bonds is 4. The lowest BCUT2D eigenvalue weighted by atomic mass is 10.00. The molecule has 1 aromatic carbocycles. The molecule has 3 rings (SSSR count). The summed E-state index contributed by atoms with van der Waals surface area (Å²) in [5.74, 6) is 1.48. The topological polar surface area (TPSA) is 55.6 Å². The van der Waals surface area contributed by atoms with E-state index < -0.39 is 0 Å². The molecule has 1 aromatic heterocycles. The molecule has 0 amide bonds. The molecule has 0 spiro atoms. The van der Waals surface area contributed by atoms with Gasteiger partial charge in [0.25, 0.3) is 0 Å². The summed E-state index contributed by atoms with van der Waals surface area (Å²) in [6.07, 6.45) is 1.12. The van der Waals surface area contributed by atoms with E-state index in [0.717, 1.165) is 37.5 Å². The Bertz CT molecular complexity index is 475. The maximum Gasteiger partial charge on any atom is 0.204 e. The lowest BCUT2D eigenvalue weighted by Gasteiger charge is -2.26. The summed E-state index contributed by atoms with van der Waals surface area (Å²) in [7, 11) is 0. The predicted octanol–water partition coefficient (Wildman–Crippen LogP) is 0.950. The lowest BCUT2D eigenvalue weighted by Crippen LogP contribution is -2.42. The van der Waals surface area contributed by atoms with Crippen LogP contribution in [0.25, 0.3) is 11.4 Å². The van der Waals surface area contributed by atoms with Crippen molar-refractivity contribution in [2.45, 2.75) is 13.0 Å². The highest BCUT2D eigenvalue weighted by Crippen LogP contribution is 2.13. The summed E-state index contributed by atoms with van der Waals surface area (Å²) in [4.78, 5) is 1.70. The minimum Gasteiger partial charge on any atom is -0.316 e. The zero-order chi connectivity index (χ0) is 11.5. The van der Waals surface area contributed by atoms with Crippen molar-refractivity contribution in [2.24, 2.45) is 5.92 Å². The number of tetrazole rings is 1. The van der Waals surface area contributed by atoms with Gasteiger partial charge in [-0.3, -0.25) is 0 Å². The molecule has 5 heteroatoms. The van der Waals surface area contributed by atoms with E-state index in [4.69, 9.17) is 0 Å². The third-order valence-electron chi connectivity index (χ3n) is 3.09. The Labute approximate surface area is 99.8 Å². The third-order valence-corrected chi connectivity index (χ3v) is 3.09. The van der Waals surface area contributed by atoms with Crippen molar-refractivity contribution in [3.05, 3.63) is 30.3 Å². The molecule has 1 N–H and O–H groups in total. The van der Waals surface area contributed by atoms with Crippen LogP contribution in [0.1, 0.15) is 6.42 Å². The minimum absolute atomic E-state index is 0.706. The molecule has 1 aliphatic rings. The predicted molar refractivity (Wildman–Crippen MR) is 64.2 cm³/mol. The second-order valence-electron chi connectivity index (χ2n) is 4.39. The van der Waals surface area contributed by atoms with Crippen LogP contribution in [0.4, 0.5) is 0 Å². The van der Waals surface area contributed by atoms with Gasteiger partial charge < -0.3 is 5.32 Å². The number of aryl methyl sites for hydroxylation is 1. The molecule has 88 valence electrons. The molecule has 0 unspecified atom stereocenters. The molecule has 5 nitrogen and oxygen atoms in total. The highest BCUT2D eigenvalue weighted by atomic mass is 15.6. The normalized spacial score (nSPS) is 15.8. The Morgan fingerprint density at radius 3 is 2.76 bits per heavy atom. The van der Waals surface area contributed by atoms with Crippen molar-refractivity contribution in [3.8, 4) is 11.4 Å². The molecule has 1 fully saturated rings. The Hall–Kier alpha value is -1.75. The Morgan fingerprint density at radius 1 is 1.24 bits per heavy atom. The number of hydrogen-bond donors (Lipinski definition) is 1. The van der Waals surface area contributed by atoms with Crippen molar-refractivity contribution in [3.63, 3.8) is 0 Å². The summed E-state index contributed by atoms with van der Waals surface area (Å²) in [5.41, 5.74) is 1.02. The maximum atomic E-state index is 4.38. The molecule has 0 bridgehead atoms. The van der Waals surface area contributed by atoms with Gasteiger partial charge in [0.2, 0.25) is 5.82 Å². The van der Waals surface area contributed by atoms with Crippen LogP contribution in [0.15, 0.2) is 30.3 Å². The van der Waals surface area contributed by atoms with Crippen LogP contribution >= 0.6 is 0 Å². The van der Waals surface area contributed by atoms with Crippen LogP contribution in [-0.4, -0.2) is 33.3 Å². The van der Waals surface area contributed by atoms with Crippen LogP contribution in [0.5, 0.6) is 0 Å². The Kier molecular flexibility index (Phi) is 2.83. The average Bonchev–Trinajstić information content (AvgIpc) is 2.77. The summed E-state index contributed by atoms with van der Waals surface area (Å²) in [5, 5.41) is 15.8. The quantitative estimate of drug-likeness (QED) is 0.848. The fourth-order valence-corrected chi connectivity index (χ4v) is 1.89. The SMILES string of the molecule is c1ccc(-c2nnn(CCC3CNC3)n2)cc1. The van der Waals surface area contributed by atoms with Gasteiger partial charge in [0.15, 0.2) is 0 Å². The standard InChI is InChI=1S/C12H15N5/c1-2-4-11(5-3-1)12-14-16-17(15-12)7-6-10-8-13-9-10/h1-5,10,13H,6-9H2. The summed E-state index contributed by atoms with van der Waals surface area (Å²) >= 11 is 0. The van der Waals surface area contributed by atoms with E-state index >= 15 is 0 Å². The average molecular weight is 229 g/mol. The molecule has 1 aliphatic heterocycles. The van der Waals surface area contributed by atoms with Crippen molar-refractivity contribution in [1.82, 2.24) is 25.5 Å². The first kappa shape index (κ1) is 10.4. The smallest absolute Gasteiger partial charge is 0.204 e. The second kappa shape index (κ2) is 4.63. The van der Waals surface area contributed by atoms with Gasteiger partial charge in [-0.05, 0) is 30.6 Å². The fourth-order valence-electron chi connectivity index (χ4n) is 1.89. The van der Waals surface area contributed by atoms with Gasteiger partial charge in [-0.25, -0.2) is 0 Å². The number of hydrogen-bond acceptors (Lipinski definition) is 4. The van der Waals surface area contributed by atoms with E-state index in [2.05, 4.69) is 20.7 Å². The van der Waals surface area contributed by atoms with E-state index in [1.807, 2.05) is 30.3 Å². The number of nitrogens with one attached hydrogen (secondary N) is 1. The molecule has 0 saturated carbocycles. The molecule has 0 radical (unpaired) electrons. The molecule has 1 saturated heterocycles. The van der Waals surface area contributed by atoms with Crippen LogP contribution in [-0.2, 0) is 6.54 Å². The first-order valence-electron chi connectivity index (χ1n) is 5.96. The molecule has 0 atom stereocenters. The Balaban J connectivity index is 1.65. The molecular formula is C12H15N5. The monoisotopic (exact) mass is 229 g/mol. The largest absolute Gasteiger partial charge is 0.316 e. The number of benzene rings is 1. The highest BCUT2D eigenvalue weighted by molar-refractivity contribution is 5.52. The fraction of sp³-hybridized carbons (Fsp3) is 0.417. The van der Waals surface area contributed by atoms with Crippen molar-refractivity contribution in [2.75, 3.05) is 13.1 Å². The van der Waals surface area contributed by atoms with Gasteiger partial charge in [-0.2, -0.15) is 4.80 Å². The summed E-state index contributed by atoms with van der Waals surface area (Å²) < 4.78 is 0. The molecule has 0 aliphatic carbocycles. The van der Waals surface area contributed by atoms with E-state index in [0.29, 0.717) is 5.82 Å². The zero-order valence-corrected chi connectivity index (χ0v) is 9.58. The van der Waals surface area contributed by atoms with Gasteiger partial charge in [-0.1, -0.05) is 30.3 Å².